The summed E-state index contributed by atoms with van der Waals surface area (Å²) in [6.45, 7) is 3.35. The molecule has 0 saturated heterocycles. The van der Waals surface area contributed by atoms with Crippen LogP contribution in [0.4, 0.5) is 8.78 Å². The molecule has 0 aliphatic carbocycles. The van der Waals surface area contributed by atoms with Gasteiger partial charge in [-0.25, -0.2) is 13.6 Å². The Morgan fingerprint density at radius 3 is 2.23 bits per heavy atom. The van der Waals surface area contributed by atoms with Crippen molar-refractivity contribution in [3.63, 3.8) is 0 Å². The lowest BCUT2D eigenvalue weighted by Gasteiger charge is -2.21. The normalized spacial score (nSPS) is 12.9. The van der Waals surface area contributed by atoms with Gasteiger partial charge in [-0.05, 0) is 31.0 Å². The highest BCUT2D eigenvalue weighted by molar-refractivity contribution is 5.92. The number of nitrogens with one attached hydrogen (secondary N) is 1. The Morgan fingerprint density at radius 1 is 1.04 bits per heavy atom. The van der Waals surface area contributed by atoms with Gasteiger partial charge in [0.25, 0.3) is 5.91 Å². The van der Waals surface area contributed by atoms with Crippen LogP contribution < -0.4 is 5.32 Å². The second kappa shape index (κ2) is 9.08. The van der Waals surface area contributed by atoms with Crippen LogP contribution in [-0.2, 0) is 9.53 Å². The molecule has 2 aromatic carbocycles. The number of hydrogen-bond donors (Lipinski definition) is 1. The van der Waals surface area contributed by atoms with Gasteiger partial charge in [0.15, 0.2) is 6.10 Å². The summed E-state index contributed by atoms with van der Waals surface area (Å²) in [5.74, 6) is -3.81. The average molecular weight is 361 g/mol. The van der Waals surface area contributed by atoms with Crippen LogP contribution in [0.3, 0.4) is 0 Å². The van der Waals surface area contributed by atoms with E-state index in [0.717, 1.165) is 30.2 Å². The molecule has 26 heavy (non-hydrogen) atoms. The van der Waals surface area contributed by atoms with Crippen LogP contribution in [0.1, 0.15) is 48.7 Å². The van der Waals surface area contributed by atoms with Crippen LogP contribution in [0.25, 0.3) is 0 Å². The van der Waals surface area contributed by atoms with E-state index >= 15 is 0 Å². The molecule has 138 valence electrons. The number of carbonyl (C=O) groups is 2. The highest BCUT2D eigenvalue weighted by atomic mass is 19.1. The van der Waals surface area contributed by atoms with Crippen LogP contribution in [0.2, 0.25) is 0 Å². The summed E-state index contributed by atoms with van der Waals surface area (Å²) < 4.78 is 32.2. The third-order valence-electron chi connectivity index (χ3n) is 3.92. The van der Waals surface area contributed by atoms with E-state index in [-0.39, 0.29) is 6.04 Å². The van der Waals surface area contributed by atoms with Crippen LogP contribution >= 0.6 is 0 Å². The average Bonchev–Trinajstić information content (AvgIpc) is 2.61. The fourth-order valence-electron chi connectivity index (χ4n) is 2.55. The van der Waals surface area contributed by atoms with Crippen LogP contribution in [-0.4, -0.2) is 18.0 Å². The summed E-state index contributed by atoms with van der Waals surface area (Å²) in [4.78, 5) is 24.4. The van der Waals surface area contributed by atoms with Gasteiger partial charge in [0.2, 0.25) is 0 Å². The standard InChI is InChI=1S/C20H21F2NO3/c1-3-8-17(14-9-5-4-6-10-14)23-19(24)13(2)26-20(25)18-15(21)11-7-12-16(18)22/h4-7,9-13,17H,3,8H2,1-2H3,(H,23,24). The van der Waals surface area contributed by atoms with E-state index in [1.165, 1.54) is 6.92 Å². The zero-order valence-corrected chi connectivity index (χ0v) is 14.7. The van der Waals surface area contributed by atoms with Crippen molar-refractivity contribution in [2.75, 3.05) is 0 Å². The fourth-order valence-corrected chi connectivity index (χ4v) is 2.55. The van der Waals surface area contributed by atoms with E-state index in [9.17, 15) is 18.4 Å². The first kappa shape index (κ1) is 19.6. The van der Waals surface area contributed by atoms with Crippen molar-refractivity contribution in [1.29, 1.82) is 0 Å². The second-order valence-corrected chi connectivity index (χ2v) is 5.90. The smallest absolute Gasteiger partial charge is 0.344 e. The van der Waals surface area contributed by atoms with Crippen molar-refractivity contribution < 1.29 is 23.1 Å². The predicted molar refractivity (Wildman–Crippen MR) is 93.5 cm³/mol. The van der Waals surface area contributed by atoms with Crippen LogP contribution in [0, 0.1) is 11.6 Å². The SMILES string of the molecule is CCCC(NC(=O)C(C)OC(=O)c1c(F)cccc1F)c1ccccc1. The Kier molecular flexibility index (Phi) is 6.83. The Balaban J connectivity index is 2.05. The maximum atomic E-state index is 13.6. The largest absolute Gasteiger partial charge is 0.449 e. The Labute approximate surface area is 151 Å². The highest BCUT2D eigenvalue weighted by Crippen LogP contribution is 2.19. The number of hydrogen-bond acceptors (Lipinski definition) is 3. The molecule has 0 bridgehead atoms. The van der Waals surface area contributed by atoms with E-state index in [1.807, 2.05) is 37.3 Å². The minimum absolute atomic E-state index is 0.236. The summed E-state index contributed by atoms with van der Waals surface area (Å²) >= 11 is 0. The number of carbonyl (C=O) groups excluding carboxylic acids is 2. The summed E-state index contributed by atoms with van der Waals surface area (Å²) in [5.41, 5.74) is 0.127. The topological polar surface area (TPSA) is 55.4 Å². The van der Waals surface area contributed by atoms with Crippen molar-refractivity contribution in [3.8, 4) is 0 Å². The maximum absolute atomic E-state index is 13.6. The zero-order chi connectivity index (χ0) is 19.1. The monoisotopic (exact) mass is 361 g/mol. The lowest BCUT2D eigenvalue weighted by atomic mass is 10.0. The van der Waals surface area contributed by atoms with Gasteiger partial charge in [-0.15, -0.1) is 0 Å². The van der Waals surface area contributed by atoms with Crippen LogP contribution in [0.15, 0.2) is 48.5 Å². The van der Waals surface area contributed by atoms with Crippen molar-refractivity contribution in [2.24, 2.45) is 0 Å². The molecule has 0 aliphatic rings. The van der Waals surface area contributed by atoms with Crippen LogP contribution in [0.5, 0.6) is 0 Å². The molecule has 1 N–H and O–H groups in total. The minimum Gasteiger partial charge on any atom is -0.449 e. The van der Waals surface area contributed by atoms with Gasteiger partial charge in [-0.1, -0.05) is 49.7 Å². The molecule has 1 amide bonds. The number of halogens is 2. The Bertz CT molecular complexity index is 745. The molecular formula is C20H21F2NO3. The minimum atomic E-state index is -1.21. The first-order valence-electron chi connectivity index (χ1n) is 8.44. The quantitative estimate of drug-likeness (QED) is 0.753. The maximum Gasteiger partial charge on any atom is 0.344 e. The molecule has 4 nitrogen and oxygen atoms in total. The molecule has 0 aliphatic heterocycles. The van der Waals surface area contributed by atoms with E-state index in [2.05, 4.69) is 5.32 Å². The molecule has 2 rings (SSSR count). The van der Waals surface area contributed by atoms with E-state index < -0.39 is 35.2 Å². The number of ether oxygens (including phenoxy) is 1. The van der Waals surface area contributed by atoms with Crippen molar-refractivity contribution in [2.45, 2.75) is 38.8 Å². The third-order valence-corrected chi connectivity index (χ3v) is 3.92. The van der Waals surface area contributed by atoms with E-state index in [1.54, 1.807) is 0 Å². The number of rotatable bonds is 7. The molecular weight excluding hydrogens is 340 g/mol. The van der Waals surface area contributed by atoms with Gasteiger partial charge in [0, 0.05) is 0 Å². The predicted octanol–water partition coefficient (Wildman–Crippen LogP) is 4.17. The van der Waals surface area contributed by atoms with Crippen molar-refractivity contribution in [3.05, 3.63) is 71.3 Å². The molecule has 6 heteroatoms. The van der Waals surface area contributed by atoms with Crippen molar-refractivity contribution >= 4 is 11.9 Å². The zero-order valence-electron chi connectivity index (χ0n) is 14.7. The summed E-state index contributed by atoms with van der Waals surface area (Å²) in [7, 11) is 0. The summed E-state index contributed by atoms with van der Waals surface area (Å²) in [5, 5.41) is 2.82. The second-order valence-electron chi connectivity index (χ2n) is 5.90. The molecule has 2 atom stereocenters. The lowest BCUT2D eigenvalue weighted by Crippen LogP contribution is -2.38. The lowest BCUT2D eigenvalue weighted by molar-refractivity contribution is -0.130. The summed E-state index contributed by atoms with van der Waals surface area (Å²) in [6.07, 6.45) is 0.358. The third kappa shape index (κ3) is 4.88. The number of amides is 1. The molecule has 2 aromatic rings. The Morgan fingerprint density at radius 2 is 1.65 bits per heavy atom. The fraction of sp³-hybridized carbons (Fsp3) is 0.300. The molecule has 0 saturated carbocycles. The highest BCUT2D eigenvalue weighted by Gasteiger charge is 2.25. The first-order valence-corrected chi connectivity index (χ1v) is 8.44. The van der Waals surface area contributed by atoms with Crippen molar-refractivity contribution in [1.82, 2.24) is 5.32 Å². The van der Waals surface area contributed by atoms with E-state index in [4.69, 9.17) is 4.74 Å². The molecule has 0 heterocycles. The Hall–Kier alpha value is -2.76. The van der Waals surface area contributed by atoms with Gasteiger partial charge >= 0.3 is 5.97 Å². The number of esters is 1. The first-order chi connectivity index (χ1) is 12.4. The summed E-state index contributed by atoms with van der Waals surface area (Å²) in [6, 6.07) is 12.2. The van der Waals surface area contributed by atoms with E-state index in [0.29, 0.717) is 6.42 Å². The molecule has 0 radical (unpaired) electrons. The molecule has 2 unspecified atom stereocenters. The van der Waals surface area contributed by atoms with Gasteiger partial charge in [-0.3, -0.25) is 4.79 Å². The number of benzene rings is 2. The van der Waals surface area contributed by atoms with Gasteiger partial charge < -0.3 is 10.1 Å². The molecule has 0 spiro atoms. The molecule has 0 fully saturated rings. The van der Waals surface area contributed by atoms with Gasteiger partial charge in [0.1, 0.15) is 17.2 Å². The molecule has 0 aromatic heterocycles. The van der Waals surface area contributed by atoms with Gasteiger partial charge in [0.05, 0.1) is 6.04 Å². The van der Waals surface area contributed by atoms with Gasteiger partial charge in [-0.2, -0.15) is 0 Å².